The number of rotatable bonds is 11. The Hall–Kier alpha value is -9.12. The third-order valence-electron chi connectivity index (χ3n) is 19.5. The summed E-state index contributed by atoms with van der Waals surface area (Å²) >= 11 is 0. The summed E-state index contributed by atoms with van der Waals surface area (Å²) in [5, 5.41) is 23.2. The number of benzene rings is 12. The van der Waals surface area contributed by atoms with E-state index in [9.17, 15) is 5.11 Å². The fourth-order valence-electron chi connectivity index (χ4n) is 15.6. The summed E-state index contributed by atoms with van der Waals surface area (Å²) in [6.07, 6.45) is 12.1. The first kappa shape index (κ1) is 53.6. The van der Waals surface area contributed by atoms with Crippen LogP contribution >= 0.6 is 0 Å². The molecule has 13 aromatic rings. The van der Waals surface area contributed by atoms with Gasteiger partial charge in [-0.3, -0.25) is 0 Å². The number of hydrogen-bond acceptors (Lipinski definition) is 4. The number of phenolic OH excluding ortho intramolecular Hbond substituents is 1. The molecule has 0 radical (unpaired) electrons. The molecule has 1 aromatic heterocycles. The fraction of sp³-hybridized carbons (Fsp3) is 0.220. The van der Waals surface area contributed by atoms with Gasteiger partial charge in [-0.25, -0.2) is 0 Å². The van der Waals surface area contributed by atoms with Crippen molar-refractivity contribution >= 4 is 88.4 Å². The molecule has 0 aliphatic heterocycles. The molecular weight excluding hydrogens is 1040 g/mol. The maximum Gasteiger partial charge on any atom is 0.159 e. The van der Waals surface area contributed by atoms with E-state index in [2.05, 4.69) is 252 Å². The number of furan rings is 1. The number of anilines is 6. The highest BCUT2D eigenvalue weighted by Gasteiger charge is 2.32. The molecule has 2 fully saturated rings. The highest BCUT2D eigenvalue weighted by Crippen LogP contribution is 2.56. The second-order valence-corrected chi connectivity index (χ2v) is 25.4. The average molecular weight is 1120 g/mol. The molecule has 86 heavy (non-hydrogen) atoms. The van der Waals surface area contributed by atoms with E-state index in [1.165, 1.54) is 132 Å². The maximum absolute atomic E-state index is 13.2. The molecule has 4 nitrogen and oxygen atoms in total. The van der Waals surface area contributed by atoms with Crippen LogP contribution in [0.2, 0.25) is 0 Å². The van der Waals surface area contributed by atoms with E-state index >= 15 is 0 Å². The second-order valence-electron chi connectivity index (χ2n) is 25.4. The van der Waals surface area contributed by atoms with E-state index < -0.39 is 0 Å². The third kappa shape index (κ3) is 9.19. The average Bonchev–Trinajstić information content (AvgIpc) is 0.749. The zero-order valence-electron chi connectivity index (χ0n) is 50.5. The largest absolute Gasteiger partial charge is 0.505 e. The smallest absolute Gasteiger partial charge is 0.159 e. The summed E-state index contributed by atoms with van der Waals surface area (Å²) in [5.41, 5.74) is 24.4. The molecule has 0 bridgehead atoms. The van der Waals surface area contributed by atoms with Gasteiger partial charge in [0.1, 0.15) is 11.3 Å². The van der Waals surface area contributed by atoms with Crippen molar-refractivity contribution in [3.8, 4) is 39.1 Å². The zero-order chi connectivity index (χ0) is 58.3. The molecule has 1 heterocycles. The summed E-state index contributed by atoms with van der Waals surface area (Å²) in [6, 6.07) is 74.6. The minimum atomic E-state index is 0.259. The van der Waals surface area contributed by atoms with Gasteiger partial charge in [0.05, 0.1) is 22.7 Å². The predicted molar refractivity (Wildman–Crippen MR) is 365 cm³/mol. The van der Waals surface area contributed by atoms with E-state index in [4.69, 9.17) is 4.42 Å². The molecule has 424 valence electrons. The monoisotopic (exact) mass is 1120 g/mol. The van der Waals surface area contributed by atoms with Crippen LogP contribution in [-0.2, 0) is 0 Å². The van der Waals surface area contributed by atoms with Gasteiger partial charge in [-0.15, -0.1) is 0 Å². The van der Waals surface area contributed by atoms with Crippen molar-refractivity contribution in [1.29, 1.82) is 0 Å². The Morgan fingerprint density at radius 1 is 0.337 bits per heavy atom. The summed E-state index contributed by atoms with van der Waals surface area (Å²) in [7, 11) is 0. The Balaban J connectivity index is 1.03. The van der Waals surface area contributed by atoms with E-state index in [1.807, 2.05) is 0 Å². The molecular formula is C82H74N2O2. The molecule has 0 saturated heterocycles. The van der Waals surface area contributed by atoms with Crippen molar-refractivity contribution in [3.05, 3.63) is 245 Å². The number of hydrogen-bond donors (Lipinski definition) is 1. The van der Waals surface area contributed by atoms with Gasteiger partial charge >= 0.3 is 0 Å². The first-order valence-electron chi connectivity index (χ1n) is 31.6. The van der Waals surface area contributed by atoms with Crippen LogP contribution in [-0.4, -0.2) is 5.11 Å². The van der Waals surface area contributed by atoms with E-state index in [0.717, 1.165) is 98.3 Å². The third-order valence-corrected chi connectivity index (χ3v) is 19.5. The van der Waals surface area contributed by atoms with Gasteiger partial charge in [0.25, 0.3) is 0 Å². The van der Waals surface area contributed by atoms with Gasteiger partial charge in [-0.2, -0.15) is 0 Å². The Kier molecular flexibility index (Phi) is 13.6. The van der Waals surface area contributed by atoms with Crippen molar-refractivity contribution in [1.82, 2.24) is 0 Å². The van der Waals surface area contributed by atoms with Crippen LogP contribution in [0, 0.1) is 41.5 Å². The number of aryl methyl sites for hydroxylation is 6. The molecule has 0 atom stereocenters. The number of aromatic hydroxyl groups is 1. The number of nitrogens with zero attached hydrogens (tertiary/aromatic N) is 2. The summed E-state index contributed by atoms with van der Waals surface area (Å²) in [6.45, 7) is 13.2. The van der Waals surface area contributed by atoms with Gasteiger partial charge < -0.3 is 19.3 Å². The Morgan fingerprint density at radius 3 is 1.33 bits per heavy atom. The first-order valence-corrected chi connectivity index (χ1v) is 31.6. The summed E-state index contributed by atoms with van der Waals surface area (Å²) in [5.74, 6) is 1.05. The van der Waals surface area contributed by atoms with Gasteiger partial charge in [0.15, 0.2) is 5.58 Å². The van der Waals surface area contributed by atoms with Crippen molar-refractivity contribution in [2.45, 2.75) is 118 Å². The van der Waals surface area contributed by atoms with Gasteiger partial charge in [-0.1, -0.05) is 184 Å². The van der Waals surface area contributed by atoms with Crippen LogP contribution in [0.3, 0.4) is 0 Å². The Labute approximate surface area is 506 Å². The first-order chi connectivity index (χ1) is 42.0. The molecule has 2 saturated carbocycles. The number of fused-ring (bicyclic) bond motifs is 3. The normalized spacial score (nSPS) is 14.3. The molecule has 15 rings (SSSR count). The van der Waals surface area contributed by atoms with Crippen LogP contribution in [0.4, 0.5) is 34.1 Å². The molecule has 2 aliphatic carbocycles. The summed E-state index contributed by atoms with van der Waals surface area (Å²) < 4.78 is 7.42. The van der Waals surface area contributed by atoms with E-state index in [-0.39, 0.29) is 5.75 Å². The van der Waals surface area contributed by atoms with Crippen molar-refractivity contribution in [2.24, 2.45) is 0 Å². The quantitative estimate of drug-likeness (QED) is 0.131. The molecule has 2 aliphatic rings. The van der Waals surface area contributed by atoms with Crippen LogP contribution in [0.15, 0.2) is 205 Å². The lowest BCUT2D eigenvalue weighted by molar-refractivity contribution is 0.445. The molecule has 0 spiro atoms. The minimum Gasteiger partial charge on any atom is -0.505 e. The Bertz CT molecular complexity index is 4740. The van der Waals surface area contributed by atoms with Crippen LogP contribution in [0.1, 0.15) is 121 Å². The van der Waals surface area contributed by atoms with Gasteiger partial charge in [0, 0.05) is 44.0 Å². The van der Waals surface area contributed by atoms with E-state index in [0.29, 0.717) is 11.8 Å². The SMILES string of the molecule is Cc1cc(C)cc(N(c2cccc(-c3cccc(-c4ccccc4C)c3)c2O)c2cc(C3CCCCC3)c3ccc4c(N(c5cc(C)cc(C)c5)c5cccc6c5oc5c(-c7ccccc7C)cccc56)cc(C5CCCCC5)c5ccc2c3c54)c1. The second kappa shape index (κ2) is 21.7. The van der Waals surface area contributed by atoms with Gasteiger partial charge in [-0.05, 0) is 222 Å². The number of phenols is 1. The fourth-order valence-corrected chi connectivity index (χ4v) is 15.6. The summed E-state index contributed by atoms with van der Waals surface area (Å²) in [4.78, 5) is 4.96. The van der Waals surface area contributed by atoms with Crippen molar-refractivity contribution < 1.29 is 9.52 Å². The number of para-hydroxylation sites is 3. The molecule has 0 amide bonds. The lowest BCUT2D eigenvalue weighted by atomic mass is 9.77. The topological polar surface area (TPSA) is 39.9 Å². The molecule has 4 heteroatoms. The maximum atomic E-state index is 13.2. The van der Waals surface area contributed by atoms with Crippen LogP contribution < -0.4 is 9.80 Å². The van der Waals surface area contributed by atoms with Crippen LogP contribution in [0.5, 0.6) is 5.75 Å². The van der Waals surface area contributed by atoms with Gasteiger partial charge in [0.2, 0.25) is 0 Å². The van der Waals surface area contributed by atoms with E-state index in [1.54, 1.807) is 0 Å². The highest BCUT2D eigenvalue weighted by atomic mass is 16.3. The predicted octanol–water partition coefficient (Wildman–Crippen LogP) is 24.1. The standard InChI is InChI=1S/C82H74N2O2/c1-50-41-51(2)44-60(43-50)83(74-35-19-31-64(80(74)85)59-28-17-27-58(47-59)62-29-15-13-21-54(62)5)76-48-72(56-23-9-7-10-24-56)65-38-40-71-77(49-73(57-25-11-8-12-26-57)66-37-39-70(76)78(65)79(66)71)84(61-45-52(3)42-53(4)46-61)75-36-20-34-69-68-33-18-32-67(81(68)86-82(69)75)63-30-16-14-22-55(63)6/h13-22,27-49,56-57,85H,7-12,23-26H2,1-6H3. The molecule has 1 N–H and O–H groups in total. The lowest BCUT2D eigenvalue weighted by Crippen LogP contribution is -2.15. The minimum absolute atomic E-state index is 0.259. The lowest BCUT2D eigenvalue weighted by Gasteiger charge is -2.34. The molecule has 0 unspecified atom stereocenters. The van der Waals surface area contributed by atoms with Crippen LogP contribution in [0.25, 0.3) is 87.6 Å². The molecule has 12 aromatic carbocycles. The highest BCUT2D eigenvalue weighted by molar-refractivity contribution is 6.30. The van der Waals surface area contributed by atoms with Crippen molar-refractivity contribution in [2.75, 3.05) is 9.80 Å². The Morgan fingerprint density at radius 2 is 0.767 bits per heavy atom. The van der Waals surface area contributed by atoms with Crippen molar-refractivity contribution in [3.63, 3.8) is 0 Å². The zero-order valence-corrected chi connectivity index (χ0v) is 50.5.